The maximum atomic E-state index is 14.0. The highest BCUT2D eigenvalue weighted by molar-refractivity contribution is 5.85. The summed E-state index contributed by atoms with van der Waals surface area (Å²) in [5, 5.41) is 6.95. The number of morpholine rings is 1. The molecule has 1 aliphatic carbocycles. The summed E-state index contributed by atoms with van der Waals surface area (Å²) < 4.78 is 19.5. The topological polar surface area (TPSA) is 33.3 Å². The van der Waals surface area contributed by atoms with Gasteiger partial charge in [-0.05, 0) is 43.4 Å². The van der Waals surface area contributed by atoms with Crippen LogP contribution in [0.25, 0.3) is 0 Å². The minimum absolute atomic E-state index is 0. The van der Waals surface area contributed by atoms with E-state index in [1.165, 1.54) is 12.8 Å². The number of halogens is 2. The van der Waals surface area contributed by atoms with Crippen LogP contribution < -0.4 is 10.6 Å². The Morgan fingerprint density at radius 2 is 2.19 bits per heavy atom. The Kier molecular flexibility index (Phi) is 5.85. The lowest BCUT2D eigenvalue weighted by molar-refractivity contribution is 0.0559. The molecule has 5 heteroatoms. The first-order valence-corrected chi connectivity index (χ1v) is 7.58. The predicted octanol–water partition coefficient (Wildman–Crippen LogP) is 3.12. The molecule has 2 fully saturated rings. The van der Waals surface area contributed by atoms with Gasteiger partial charge in [0.25, 0.3) is 0 Å². The van der Waals surface area contributed by atoms with Crippen molar-refractivity contribution in [1.82, 2.24) is 5.32 Å². The van der Waals surface area contributed by atoms with E-state index in [4.69, 9.17) is 4.74 Å². The van der Waals surface area contributed by atoms with Gasteiger partial charge >= 0.3 is 0 Å². The van der Waals surface area contributed by atoms with E-state index in [1.807, 2.05) is 19.1 Å². The Morgan fingerprint density at radius 3 is 2.90 bits per heavy atom. The minimum atomic E-state index is -0.150. The van der Waals surface area contributed by atoms with Crippen LogP contribution in [-0.2, 0) is 4.74 Å². The zero-order chi connectivity index (χ0) is 13.9. The molecule has 118 valence electrons. The van der Waals surface area contributed by atoms with Crippen LogP contribution in [0, 0.1) is 18.7 Å². The highest BCUT2D eigenvalue weighted by Gasteiger charge is 2.34. The maximum Gasteiger partial charge on any atom is 0.146 e. The van der Waals surface area contributed by atoms with Crippen molar-refractivity contribution in [1.29, 1.82) is 0 Å². The summed E-state index contributed by atoms with van der Waals surface area (Å²) in [6.45, 7) is 4.41. The summed E-state index contributed by atoms with van der Waals surface area (Å²) in [6.07, 6.45) is 3.50. The SMILES string of the molecule is Cc1ccc(NC2CCCC2C2COCCN2)c(F)c1.Cl. The molecule has 3 rings (SSSR count). The summed E-state index contributed by atoms with van der Waals surface area (Å²) in [5.41, 5.74) is 1.59. The second-order valence-electron chi connectivity index (χ2n) is 5.96. The zero-order valence-electron chi connectivity index (χ0n) is 12.4. The van der Waals surface area contributed by atoms with Gasteiger partial charge < -0.3 is 15.4 Å². The lowest BCUT2D eigenvalue weighted by Gasteiger charge is -2.33. The summed E-state index contributed by atoms with van der Waals surface area (Å²) >= 11 is 0. The molecule has 3 unspecified atom stereocenters. The predicted molar refractivity (Wildman–Crippen MR) is 85.7 cm³/mol. The molecule has 3 atom stereocenters. The fourth-order valence-corrected chi connectivity index (χ4v) is 3.45. The van der Waals surface area contributed by atoms with E-state index < -0.39 is 0 Å². The van der Waals surface area contributed by atoms with Gasteiger partial charge in [-0.1, -0.05) is 12.5 Å². The summed E-state index contributed by atoms with van der Waals surface area (Å²) in [5.74, 6) is 0.375. The first-order valence-electron chi connectivity index (χ1n) is 7.58. The Morgan fingerprint density at radius 1 is 1.33 bits per heavy atom. The van der Waals surface area contributed by atoms with Gasteiger partial charge in [0.05, 0.1) is 18.9 Å². The van der Waals surface area contributed by atoms with Crippen molar-refractivity contribution in [2.24, 2.45) is 5.92 Å². The molecule has 21 heavy (non-hydrogen) atoms. The van der Waals surface area contributed by atoms with Gasteiger partial charge in [-0.25, -0.2) is 4.39 Å². The van der Waals surface area contributed by atoms with Gasteiger partial charge in [-0.3, -0.25) is 0 Å². The molecular weight excluding hydrogens is 291 g/mol. The molecule has 1 saturated heterocycles. The lowest BCUT2D eigenvalue weighted by Crippen LogP contribution is -2.49. The fourth-order valence-electron chi connectivity index (χ4n) is 3.45. The largest absolute Gasteiger partial charge is 0.380 e. The molecular formula is C16H24ClFN2O. The van der Waals surface area contributed by atoms with Crippen LogP contribution in [0.2, 0.25) is 0 Å². The summed E-state index contributed by atoms with van der Waals surface area (Å²) in [6, 6.07) is 6.14. The fraction of sp³-hybridized carbons (Fsp3) is 0.625. The highest BCUT2D eigenvalue weighted by atomic mass is 35.5. The van der Waals surface area contributed by atoms with Gasteiger partial charge in [-0.2, -0.15) is 0 Å². The average molecular weight is 315 g/mol. The molecule has 0 amide bonds. The average Bonchev–Trinajstić information content (AvgIpc) is 2.91. The number of hydrogen-bond donors (Lipinski definition) is 2. The minimum Gasteiger partial charge on any atom is -0.380 e. The van der Waals surface area contributed by atoms with Gasteiger partial charge in [0.2, 0.25) is 0 Å². The van der Waals surface area contributed by atoms with E-state index in [2.05, 4.69) is 10.6 Å². The number of ether oxygens (including phenoxy) is 1. The molecule has 0 bridgehead atoms. The van der Waals surface area contributed by atoms with Gasteiger partial charge in [0.15, 0.2) is 0 Å². The van der Waals surface area contributed by atoms with Crippen LogP contribution in [0.3, 0.4) is 0 Å². The second-order valence-corrected chi connectivity index (χ2v) is 5.96. The molecule has 3 nitrogen and oxygen atoms in total. The molecule has 2 aliphatic rings. The van der Waals surface area contributed by atoms with Crippen molar-refractivity contribution >= 4 is 18.1 Å². The third-order valence-electron chi connectivity index (χ3n) is 4.50. The third kappa shape index (κ3) is 3.87. The molecule has 0 spiro atoms. The second kappa shape index (κ2) is 7.43. The zero-order valence-corrected chi connectivity index (χ0v) is 13.2. The molecule has 0 aromatic heterocycles. The lowest BCUT2D eigenvalue weighted by atomic mass is 9.93. The smallest absolute Gasteiger partial charge is 0.146 e. The van der Waals surface area contributed by atoms with Crippen molar-refractivity contribution in [3.05, 3.63) is 29.6 Å². The van der Waals surface area contributed by atoms with E-state index >= 15 is 0 Å². The standard InChI is InChI=1S/C16H23FN2O.ClH/c1-11-5-6-15(13(17)9-11)19-14-4-2-3-12(14)16-10-20-8-7-18-16;/h5-6,9,12,14,16,18-19H,2-4,7-8,10H2,1H3;1H. The number of hydrogen-bond acceptors (Lipinski definition) is 3. The van der Waals surface area contributed by atoms with Gasteiger partial charge in [-0.15, -0.1) is 12.4 Å². The Bertz CT molecular complexity index is 466. The molecule has 1 aliphatic heterocycles. The first kappa shape index (κ1) is 16.5. The van der Waals surface area contributed by atoms with Crippen molar-refractivity contribution < 1.29 is 9.13 Å². The van der Waals surface area contributed by atoms with Crippen LogP contribution in [-0.4, -0.2) is 31.8 Å². The van der Waals surface area contributed by atoms with Crippen molar-refractivity contribution in [2.75, 3.05) is 25.1 Å². The number of anilines is 1. The normalized spacial score (nSPS) is 29.0. The van der Waals surface area contributed by atoms with Gasteiger partial charge in [0, 0.05) is 18.6 Å². The van der Waals surface area contributed by atoms with Crippen LogP contribution in [0.5, 0.6) is 0 Å². The highest BCUT2D eigenvalue weighted by Crippen LogP contribution is 2.32. The van der Waals surface area contributed by atoms with Crippen LogP contribution in [0.15, 0.2) is 18.2 Å². The Balaban J connectivity index is 0.00000161. The molecule has 1 aromatic rings. The molecule has 1 heterocycles. The van der Waals surface area contributed by atoms with Crippen LogP contribution >= 0.6 is 12.4 Å². The molecule has 2 N–H and O–H groups in total. The number of benzene rings is 1. The quantitative estimate of drug-likeness (QED) is 0.899. The van der Waals surface area contributed by atoms with Crippen molar-refractivity contribution in [3.63, 3.8) is 0 Å². The number of rotatable bonds is 3. The first-order chi connectivity index (χ1) is 9.74. The maximum absolute atomic E-state index is 14.0. The third-order valence-corrected chi connectivity index (χ3v) is 4.50. The summed E-state index contributed by atoms with van der Waals surface area (Å²) in [4.78, 5) is 0. The molecule has 1 saturated carbocycles. The molecule has 1 aromatic carbocycles. The van der Waals surface area contributed by atoms with E-state index in [0.717, 1.165) is 31.7 Å². The number of nitrogens with one attached hydrogen (secondary N) is 2. The van der Waals surface area contributed by atoms with Crippen molar-refractivity contribution in [2.45, 2.75) is 38.3 Å². The van der Waals surface area contributed by atoms with E-state index in [-0.39, 0.29) is 18.2 Å². The van der Waals surface area contributed by atoms with E-state index in [0.29, 0.717) is 23.7 Å². The monoisotopic (exact) mass is 314 g/mol. The van der Waals surface area contributed by atoms with E-state index in [1.54, 1.807) is 6.07 Å². The van der Waals surface area contributed by atoms with Crippen LogP contribution in [0.1, 0.15) is 24.8 Å². The van der Waals surface area contributed by atoms with E-state index in [9.17, 15) is 4.39 Å². The van der Waals surface area contributed by atoms with Crippen LogP contribution in [0.4, 0.5) is 10.1 Å². The number of aryl methyl sites for hydroxylation is 1. The van der Waals surface area contributed by atoms with Gasteiger partial charge in [0.1, 0.15) is 5.82 Å². The Labute approximate surface area is 132 Å². The summed E-state index contributed by atoms with van der Waals surface area (Å²) in [7, 11) is 0. The van der Waals surface area contributed by atoms with Crippen molar-refractivity contribution in [3.8, 4) is 0 Å². The Hall–Kier alpha value is -0.840. The molecule has 0 radical (unpaired) electrons.